The lowest BCUT2D eigenvalue weighted by Gasteiger charge is -2.28. The summed E-state index contributed by atoms with van der Waals surface area (Å²) in [5.41, 5.74) is 2.32. The summed E-state index contributed by atoms with van der Waals surface area (Å²) in [7, 11) is 1.67. The second kappa shape index (κ2) is 10.3. The Morgan fingerprint density at radius 1 is 1.16 bits per heavy atom. The van der Waals surface area contributed by atoms with E-state index < -0.39 is 5.79 Å². The van der Waals surface area contributed by atoms with Gasteiger partial charge < -0.3 is 18.8 Å². The van der Waals surface area contributed by atoms with Crippen molar-refractivity contribution in [1.29, 1.82) is 0 Å². The van der Waals surface area contributed by atoms with Crippen LogP contribution in [0.25, 0.3) is 0 Å². The number of thioether (sulfide) groups is 1. The molecule has 1 aromatic heterocycles. The quantitative estimate of drug-likeness (QED) is 0.455. The number of rotatable bonds is 10. The van der Waals surface area contributed by atoms with Gasteiger partial charge in [-0.3, -0.25) is 0 Å². The first-order chi connectivity index (χ1) is 15.1. The number of nitrogens with zero attached hydrogens (tertiary/aromatic N) is 2. The molecule has 0 spiro atoms. The van der Waals surface area contributed by atoms with Gasteiger partial charge in [0.2, 0.25) is 0 Å². The highest BCUT2D eigenvalue weighted by atomic mass is 32.2. The van der Waals surface area contributed by atoms with Crippen LogP contribution in [0.2, 0.25) is 0 Å². The maximum absolute atomic E-state index is 13.1. The molecule has 0 radical (unpaired) electrons. The zero-order chi connectivity index (χ0) is 21.5. The summed E-state index contributed by atoms with van der Waals surface area (Å²) in [6.45, 7) is 1.16. The third kappa shape index (κ3) is 6.09. The molecule has 0 aliphatic carbocycles. The zero-order valence-corrected chi connectivity index (χ0v) is 18.4. The molecule has 2 aromatic carbocycles. The van der Waals surface area contributed by atoms with E-state index in [9.17, 15) is 4.39 Å². The third-order valence-electron chi connectivity index (χ3n) is 5.34. The molecule has 5 nitrogen and oxygen atoms in total. The molecule has 1 aliphatic rings. The van der Waals surface area contributed by atoms with E-state index >= 15 is 0 Å². The predicted octanol–water partition coefficient (Wildman–Crippen LogP) is 4.71. The molecule has 1 fully saturated rings. The van der Waals surface area contributed by atoms with Crippen LogP contribution in [-0.4, -0.2) is 40.9 Å². The van der Waals surface area contributed by atoms with Gasteiger partial charge in [-0.1, -0.05) is 24.3 Å². The summed E-state index contributed by atoms with van der Waals surface area (Å²) in [6.07, 6.45) is 7.09. The minimum absolute atomic E-state index is 0.0184. The summed E-state index contributed by atoms with van der Waals surface area (Å²) in [5, 5.41) is 0. The predicted molar refractivity (Wildman–Crippen MR) is 120 cm³/mol. The smallest absolute Gasteiger partial charge is 0.187 e. The van der Waals surface area contributed by atoms with Crippen LogP contribution < -0.4 is 4.74 Å². The molecule has 164 valence electrons. The lowest BCUT2D eigenvalue weighted by molar-refractivity contribution is -0.180. The molecule has 4 rings (SSSR count). The van der Waals surface area contributed by atoms with Gasteiger partial charge in [0.25, 0.3) is 0 Å². The highest BCUT2D eigenvalue weighted by Crippen LogP contribution is 2.32. The van der Waals surface area contributed by atoms with Gasteiger partial charge in [0.05, 0.1) is 32.7 Å². The Hall–Kier alpha value is -2.35. The minimum atomic E-state index is -0.679. The Bertz CT molecular complexity index is 934. The van der Waals surface area contributed by atoms with Gasteiger partial charge in [0, 0.05) is 30.3 Å². The molecular weight excluding hydrogens is 415 g/mol. The van der Waals surface area contributed by atoms with Crippen LogP contribution in [0.4, 0.5) is 4.39 Å². The Balaban J connectivity index is 1.35. The topological polar surface area (TPSA) is 45.5 Å². The first-order valence-corrected chi connectivity index (χ1v) is 11.5. The molecule has 0 saturated carbocycles. The van der Waals surface area contributed by atoms with Gasteiger partial charge in [-0.25, -0.2) is 9.37 Å². The monoisotopic (exact) mass is 442 g/mol. The molecule has 1 aliphatic heterocycles. The second-order valence-corrected chi connectivity index (χ2v) is 8.72. The van der Waals surface area contributed by atoms with Crippen LogP contribution in [0.1, 0.15) is 17.5 Å². The summed E-state index contributed by atoms with van der Waals surface area (Å²) in [6, 6.07) is 14.8. The largest absolute Gasteiger partial charge is 0.497 e. The van der Waals surface area contributed by atoms with E-state index in [4.69, 9.17) is 14.2 Å². The Morgan fingerprint density at radius 2 is 1.94 bits per heavy atom. The zero-order valence-electron chi connectivity index (χ0n) is 17.6. The molecule has 7 heteroatoms. The van der Waals surface area contributed by atoms with Gasteiger partial charge in [-0.05, 0) is 41.8 Å². The van der Waals surface area contributed by atoms with E-state index in [1.165, 1.54) is 17.7 Å². The van der Waals surface area contributed by atoms with Crippen LogP contribution in [0, 0.1) is 5.82 Å². The van der Waals surface area contributed by atoms with Crippen molar-refractivity contribution in [3.63, 3.8) is 0 Å². The average molecular weight is 443 g/mol. The lowest BCUT2D eigenvalue weighted by atomic mass is 10.0. The molecule has 0 amide bonds. The number of aromatic nitrogens is 2. The molecule has 31 heavy (non-hydrogen) atoms. The highest BCUT2D eigenvalue weighted by molar-refractivity contribution is 7.98. The molecule has 2 unspecified atom stereocenters. The van der Waals surface area contributed by atoms with E-state index in [0.29, 0.717) is 13.2 Å². The van der Waals surface area contributed by atoms with Crippen molar-refractivity contribution in [2.24, 2.45) is 0 Å². The van der Waals surface area contributed by atoms with Crippen molar-refractivity contribution in [2.75, 3.05) is 19.5 Å². The Kier molecular flexibility index (Phi) is 7.27. The molecule has 0 bridgehead atoms. The van der Waals surface area contributed by atoms with Gasteiger partial charge in [0.15, 0.2) is 5.79 Å². The molecule has 1 saturated heterocycles. The third-order valence-corrected chi connectivity index (χ3v) is 6.48. The maximum atomic E-state index is 13.1. The van der Waals surface area contributed by atoms with Gasteiger partial charge >= 0.3 is 0 Å². The summed E-state index contributed by atoms with van der Waals surface area (Å²) >= 11 is 1.78. The summed E-state index contributed by atoms with van der Waals surface area (Å²) < 4.78 is 33.0. The standard InChI is InChI=1S/C24H27FN2O3S/c1-28-22-8-4-19(5-9-22)10-11-24(17-27-13-12-26-18-27)29-14-23(30-24)16-31-15-20-2-6-21(25)7-3-20/h2-9,12-13,18,23H,10-11,14-17H2,1H3. The number of ether oxygens (including phenoxy) is 3. The fourth-order valence-corrected chi connectivity index (χ4v) is 4.64. The Labute approximate surface area is 186 Å². The second-order valence-electron chi connectivity index (χ2n) is 7.69. The van der Waals surface area contributed by atoms with Crippen molar-refractivity contribution in [3.05, 3.63) is 84.2 Å². The van der Waals surface area contributed by atoms with Crippen molar-refractivity contribution in [1.82, 2.24) is 9.55 Å². The van der Waals surface area contributed by atoms with E-state index in [1.807, 2.05) is 35.0 Å². The first kappa shape index (κ1) is 21.9. The van der Waals surface area contributed by atoms with Crippen LogP contribution in [-0.2, 0) is 28.2 Å². The van der Waals surface area contributed by atoms with Crippen LogP contribution >= 0.6 is 11.8 Å². The molecule has 2 atom stereocenters. The maximum Gasteiger partial charge on any atom is 0.187 e. The van der Waals surface area contributed by atoms with Crippen molar-refractivity contribution in [2.45, 2.75) is 37.0 Å². The summed E-state index contributed by atoms with van der Waals surface area (Å²) in [5.74, 6) is 1.61. The number of hydrogen-bond acceptors (Lipinski definition) is 5. The van der Waals surface area contributed by atoms with Crippen LogP contribution in [0.3, 0.4) is 0 Å². The van der Waals surface area contributed by atoms with Gasteiger partial charge in [-0.2, -0.15) is 11.8 Å². The van der Waals surface area contributed by atoms with Crippen LogP contribution in [0.5, 0.6) is 5.75 Å². The SMILES string of the molecule is COc1ccc(CCC2(Cn3ccnc3)OCC(CSCc3ccc(F)cc3)O2)cc1. The average Bonchev–Trinajstić information content (AvgIpc) is 3.45. The highest BCUT2D eigenvalue weighted by Gasteiger charge is 2.41. The van der Waals surface area contributed by atoms with E-state index in [1.54, 1.807) is 31.4 Å². The lowest BCUT2D eigenvalue weighted by Crippen LogP contribution is -2.37. The molecule has 2 heterocycles. The normalized spacial score (nSPS) is 20.8. The van der Waals surface area contributed by atoms with Crippen molar-refractivity contribution < 1.29 is 18.6 Å². The first-order valence-electron chi connectivity index (χ1n) is 10.4. The van der Waals surface area contributed by atoms with Crippen LogP contribution in [0.15, 0.2) is 67.3 Å². The molecule has 3 aromatic rings. The minimum Gasteiger partial charge on any atom is -0.497 e. The summed E-state index contributed by atoms with van der Waals surface area (Å²) in [4.78, 5) is 4.15. The fourth-order valence-electron chi connectivity index (χ4n) is 3.67. The number of hydrogen-bond donors (Lipinski definition) is 0. The molecule has 0 N–H and O–H groups in total. The Morgan fingerprint density at radius 3 is 2.65 bits per heavy atom. The van der Waals surface area contributed by atoms with Gasteiger partial charge in [-0.15, -0.1) is 0 Å². The fraction of sp³-hybridized carbons (Fsp3) is 0.375. The van der Waals surface area contributed by atoms with Crippen molar-refractivity contribution >= 4 is 11.8 Å². The van der Waals surface area contributed by atoms with Crippen molar-refractivity contribution in [3.8, 4) is 5.75 Å². The number of aryl methyl sites for hydroxylation is 1. The number of methoxy groups -OCH3 is 1. The van der Waals surface area contributed by atoms with E-state index in [2.05, 4.69) is 17.1 Å². The molecular formula is C24H27FN2O3S. The van der Waals surface area contributed by atoms with E-state index in [0.717, 1.165) is 35.7 Å². The number of halogens is 1. The van der Waals surface area contributed by atoms with E-state index in [-0.39, 0.29) is 11.9 Å². The van der Waals surface area contributed by atoms with Gasteiger partial charge in [0.1, 0.15) is 11.6 Å². The number of benzene rings is 2. The number of imidazole rings is 1.